The molecule has 2 heterocycles. The highest BCUT2D eigenvalue weighted by Gasteiger charge is 2.43. The number of benzene rings is 2. The van der Waals surface area contributed by atoms with E-state index in [-0.39, 0.29) is 0 Å². The molecule has 206 valence electrons. The first-order valence-corrected chi connectivity index (χ1v) is 28.1. The fourth-order valence-corrected chi connectivity index (χ4v) is 26.5. The van der Waals surface area contributed by atoms with E-state index in [0.717, 1.165) is 22.3 Å². The maximum atomic E-state index is 6.34. The highest BCUT2D eigenvalue weighted by Crippen LogP contribution is 2.34. The van der Waals surface area contributed by atoms with Crippen molar-refractivity contribution in [2.75, 3.05) is 12.5 Å². The van der Waals surface area contributed by atoms with Gasteiger partial charge in [-0.3, -0.25) is 0 Å². The highest BCUT2D eigenvalue weighted by atomic mass is 28.5. The van der Waals surface area contributed by atoms with Gasteiger partial charge >= 0.3 is 72.8 Å². The van der Waals surface area contributed by atoms with Gasteiger partial charge in [0, 0.05) is 10.8 Å². The van der Waals surface area contributed by atoms with Gasteiger partial charge in [0.2, 0.25) is 0 Å². The molecular weight excluding hydrogens is 625 g/mol. The summed E-state index contributed by atoms with van der Waals surface area (Å²) < 4.78 is 61.8. The molecule has 0 N–H and O–H groups in total. The van der Waals surface area contributed by atoms with Crippen molar-refractivity contribution in [2.24, 2.45) is 0 Å². The van der Waals surface area contributed by atoms with Crippen LogP contribution in [0.5, 0.6) is 11.5 Å². The van der Waals surface area contributed by atoms with Crippen LogP contribution in [0.1, 0.15) is 0 Å². The molecule has 18 heteroatoms. The zero-order valence-corrected chi connectivity index (χ0v) is 31.0. The Balaban J connectivity index is 1.48. The molecule has 2 aliphatic rings. The minimum atomic E-state index is -2.67. The van der Waals surface area contributed by atoms with Gasteiger partial charge in [-0.1, -0.05) is 24.3 Å². The van der Waals surface area contributed by atoms with E-state index in [9.17, 15) is 0 Å². The molecule has 2 aromatic rings. The third-order valence-electron chi connectivity index (χ3n) is 5.41. The molecule has 2 saturated heterocycles. The van der Waals surface area contributed by atoms with Crippen LogP contribution in [-0.2, 0) is 32.9 Å². The molecule has 0 aromatic heterocycles. The summed E-state index contributed by atoms with van der Waals surface area (Å²) in [5.41, 5.74) is 0. The fourth-order valence-electron chi connectivity index (χ4n) is 4.22. The molecule has 4 rings (SSSR count). The van der Waals surface area contributed by atoms with Crippen LogP contribution in [-0.4, -0.2) is 85.3 Å². The molecule has 0 saturated carbocycles. The monoisotopic (exact) mass is 658 g/mol. The van der Waals surface area contributed by atoms with Crippen LogP contribution in [0.3, 0.4) is 0 Å². The van der Waals surface area contributed by atoms with Crippen molar-refractivity contribution in [3.63, 3.8) is 0 Å². The molecule has 0 amide bonds. The Hall–Kier alpha value is -0.285. The second-order valence-electron chi connectivity index (χ2n) is 9.22. The standard InChI is InChI=1S/C20H34O10Si8/c1-31-23-33(3)27-37(7,28-34(4)24-31)15-21-19-13-14-20(18-12-10-9-11-17(18)19)22-16-38(8)29-35(5)25-32(2)26-36(6)30-38/h9-14H,15-16H2,1-8H3. The van der Waals surface area contributed by atoms with Gasteiger partial charge in [-0.05, 0) is 64.5 Å². The zero-order valence-electron chi connectivity index (χ0n) is 23.0. The van der Waals surface area contributed by atoms with E-state index < -0.39 is 72.8 Å². The number of hydrogen-bond donors (Lipinski definition) is 0. The summed E-state index contributed by atoms with van der Waals surface area (Å²) in [5.74, 6) is 1.49. The van der Waals surface area contributed by atoms with E-state index in [1.807, 2.05) is 88.8 Å². The number of ether oxygens (including phenoxy) is 2. The van der Waals surface area contributed by atoms with Crippen LogP contribution in [0.4, 0.5) is 0 Å². The molecule has 0 spiro atoms. The lowest BCUT2D eigenvalue weighted by Gasteiger charge is -2.35. The highest BCUT2D eigenvalue weighted by molar-refractivity contribution is 6.82. The molecule has 0 bridgehead atoms. The first-order chi connectivity index (χ1) is 17.9. The Morgan fingerprint density at radius 3 is 1.16 bits per heavy atom. The first kappa shape index (κ1) is 30.7. The predicted molar refractivity (Wildman–Crippen MR) is 157 cm³/mol. The van der Waals surface area contributed by atoms with Gasteiger partial charge in [-0.15, -0.1) is 0 Å². The van der Waals surface area contributed by atoms with Crippen LogP contribution < -0.4 is 9.47 Å². The molecule has 10 nitrogen and oxygen atoms in total. The van der Waals surface area contributed by atoms with Crippen molar-refractivity contribution in [1.29, 1.82) is 0 Å². The summed E-state index contributed by atoms with van der Waals surface area (Å²) in [6.07, 6.45) is 0.658. The fraction of sp³-hybridized carbons (Fsp3) is 0.500. The Kier molecular flexibility index (Phi) is 10.6. The summed E-state index contributed by atoms with van der Waals surface area (Å²) in [5, 5.41) is 1.89. The second kappa shape index (κ2) is 13.1. The van der Waals surface area contributed by atoms with E-state index >= 15 is 0 Å². The molecule has 38 heavy (non-hydrogen) atoms. The average Bonchev–Trinajstić information content (AvgIpc) is 2.79. The lowest BCUT2D eigenvalue weighted by Crippen LogP contribution is -2.56. The molecule has 0 aliphatic carbocycles. The van der Waals surface area contributed by atoms with Crippen molar-refractivity contribution in [3.05, 3.63) is 36.4 Å². The van der Waals surface area contributed by atoms with E-state index in [2.05, 4.69) is 0 Å². The average molecular weight is 659 g/mol. The Labute approximate surface area is 237 Å². The molecule has 0 atom stereocenters. The minimum absolute atomic E-state index is 0.329. The third-order valence-corrected chi connectivity index (χ3v) is 27.5. The SMILES string of the molecule is C[Si]1O[Si](C)O[Si](C)(COc2ccc(OC[Si]3(C)O[Si](C)O[Si](C)O[Si](C)O3)c3ccccc23)O[Si](C)O1. The Morgan fingerprint density at radius 2 is 0.842 bits per heavy atom. The summed E-state index contributed by atoms with van der Waals surface area (Å²) in [4.78, 5) is 0. The molecule has 6 radical (unpaired) electrons. The number of rotatable bonds is 6. The topological polar surface area (TPSA) is 92.3 Å². The maximum absolute atomic E-state index is 6.34. The van der Waals surface area contributed by atoms with Crippen molar-refractivity contribution in [2.45, 2.75) is 52.4 Å². The largest absolute Gasteiger partial charge is 0.491 e. The lowest BCUT2D eigenvalue weighted by molar-refractivity contribution is 0.240. The molecule has 0 unspecified atom stereocenters. The van der Waals surface area contributed by atoms with Gasteiger partial charge in [-0.2, -0.15) is 0 Å². The Morgan fingerprint density at radius 1 is 0.526 bits per heavy atom. The van der Waals surface area contributed by atoms with Crippen LogP contribution in [0.25, 0.3) is 10.8 Å². The van der Waals surface area contributed by atoms with E-state index in [1.54, 1.807) is 0 Å². The quantitative estimate of drug-likeness (QED) is 0.428. The Bertz CT molecular complexity index is 975. The van der Waals surface area contributed by atoms with Gasteiger partial charge in [0.05, 0.1) is 0 Å². The maximum Gasteiger partial charge on any atom is 0.362 e. The zero-order chi connectivity index (χ0) is 27.5. The van der Waals surface area contributed by atoms with Gasteiger partial charge in [-0.25, -0.2) is 0 Å². The van der Waals surface area contributed by atoms with E-state index in [4.69, 9.17) is 42.4 Å². The smallest absolute Gasteiger partial charge is 0.362 e. The van der Waals surface area contributed by atoms with Crippen LogP contribution >= 0.6 is 0 Å². The summed E-state index contributed by atoms with van der Waals surface area (Å²) >= 11 is 0. The van der Waals surface area contributed by atoms with Gasteiger partial charge in [0.25, 0.3) is 0 Å². The van der Waals surface area contributed by atoms with Crippen molar-refractivity contribution < 1.29 is 42.4 Å². The summed E-state index contributed by atoms with van der Waals surface area (Å²) in [7, 11) is -14.0. The minimum Gasteiger partial charge on any atom is -0.491 e. The number of hydrogen-bond acceptors (Lipinski definition) is 10. The molecule has 2 fully saturated rings. The molecule has 2 aliphatic heterocycles. The van der Waals surface area contributed by atoms with Crippen molar-refractivity contribution in [3.8, 4) is 11.5 Å². The summed E-state index contributed by atoms with van der Waals surface area (Å²) in [6, 6.07) is 11.9. The van der Waals surface area contributed by atoms with Gasteiger partial charge in [0.15, 0.2) is 0 Å². The third kappa shape index (κ3) is 8.37. The lowest BCUT2D eigenvalue weighted by atomic mass is 10.1. The van der Waals surface area contributed by atoms with Crippen LogP contribution in [0, 0.1) is 0 Å². The van der Waals surface area contributed by atoms with E-state index in [0.29, 0.717) is 12.5 Å². The van der Waals surface area contributed by atoms with Gasteiger partial charge < -0.3 is 42.4 Å². The molecule has 2 aromatic carbocycles. The van der Waals surface area contributed by atoms with Crippen molar-refractivity contribution >= 4 is 83.6 Å². The second-order valence-corrected chi connectivity index (χ2v) is 26.8. The number of fused-ring (bicyclic) bond motifs is 1. The normalized spacial score (nSPS) is 23.5. The van der Waals surface area contributed by atoms with Crippen molar-refractivity contribution in [1.82, 2.24) is 0 Å². The van der Waals surface area contributed by atoms with Crippen LogP contribution in [0.2, 0.25) is 52.4 Å². The first-order valence-electron chi connectivity index (χ1n) is 12.2. The van der Waals surface area contributed by atoms with Crippen LogP contribution in [0.15, 0.2) is 36.4 Å². The molecular formula is C20H34O10Si8. The predicted octanol–water partition coefficient (Wildman–Crippen LogP) is 3.69. The van der Waals surface area contributed by atoms with Gasteiger partial charge in [0.1, 0.15) is 24.0 Å². The van der Waals surface area contributed by atoms with E-state index in [1.165, 1.54) is 0 Å². The summed E-state index contributed by atoms with van der Waals surface area (Å²) in [6.45, 7) is 15.9.